The lowest BCUT2D eigenvalue weighted by atomic mass is 9.89. The van der Waals surface area contributed by atoms with Gasteiger partial charge in [0.1, 0.15) is 18.0 Å². The molecule has 0 saturated carbocycles. The van der Waals surface area contributed by atoms with Crippen LogP contribution in [0.15, 0.2) is 36.4 Å². The van der Waals surface area contributed by atoms with Crippen molar-refractivity contribution in [2.24, 2.45) is 0 Å². The number of anilines is 1. The fourth-order valence-electron chi connectivity index (χ4n) is 3.90. The van der Waals surface area contributed by atoms with Crippen molar-refractivity contribution in [3.63, 3.8) is 0 Å². The van der Waals surface area contributed by atoms with Crippen molar-refractivity contribution >= 4 is 21.6 Å². The summed E-state index contributed by atoms with van der Waals surface area (Å²) in [6, 6.07) is 10.9. The average molecular weight is 447 g/mol. The van der Waals surface area contributed by atoms with Crippen LogP contribution in [0.3, 0.4) is 0 Å². The van der Waals surface area contributed by atoms with Gasteiger partial charge in [0.2, 0.25) is 15.9 Å². The van der Waals surface area contributed by atoms with Crippen LogP contribution in [-0.4, -0.2) is 41.3 Å². The Morgan fingerprint density at radius 3 is 2.42 bits per heavy atom. The summed E-state index contributed by atoms with van der Waals surface area (Å²) < 4.78 is 36.5. The first-order chi connectivity index (χ1) is 14.7. The molecule has 1 aliphatic rings. The molecule has 0 unspecified atom stereocenters. The Hall–Kier alpha value is -2.74. The normalized spacial score (nSPS) is 14.3. The number of ether oxygens (including phenoxy) is 2. The molecular weight excluding hydrogens is 416 g/mol. The van der Waals surface area contributed by atoms with Crippen molar-refractivity contribution in [1.29, 1.82) is 0 Å². The highest BCUT2D eigenvalue weighted by atomic mass is 32.2. The van der Waals surface area contributed by atoms with Crippen molar-refractivity contribution in [3.05, 3.63) is 53.1 Å². The van der Waals surface area contributed by atoms with Gasteiger partial charge in [-0.2, -0.15) is 0 Å². The lowest BCUT2D eigenvalue weighted by Gasteiger charge is -2.25. The third-order valence-corrected chi connectivity index (χ3v) is 6.72. The van der Waals surface area contributed by atoms with E-state index in [1.165, 1.54) is 38.2 Å². The second-order valence-electron chi connectivity index (χ2n) is 7.83. The topological polar surface area (TPSA) is 84.9 Å². The van der Waals surface area contributed by atoms with Crippen LogP contribution < -0.4 is 19.1 Å². The van der Waals surface area contributed by atoms with Crippen LogP contribution >= 0.6 is 0 Å². The molecule has 0 heterocycles. The summed E-state index contributed by atoms with van der Waals surface area (Å²) in [6.07, 6.45) is 5.63. The minimum atomic E-state index is -3.73. The summed E-state index contributed by atoms with van der Waals surface area (Å²) in [4.78, 5) is 12.8. The third kappa shape index (κ3) is 5.50. The highest BCUT2D eigenvalue weighted by Gasteiger charge is 2.25. The SMILES string of the molecule is COc1ccc(N(CC(=O)N[C@H](C)c2ccc3c(c2)CCCC3)S(C)(=O)=O)c(OC)c1. The molecule has 2 aromatic rings. The van der Waals surface area contributed by atoms with E-state index in [1.807, 2.05) is 13.0 Å². The second-order valence-corrected chi connectivity index (χ2v) is 9.74. The first-order valence-electron chi connectivity index (χ1n) is 10.3. The number of amides is 1. The van der Waals surface area contributed by atoms with E-state index in [1.54, 1.807) is 18.2 Å². The first kappa shape index (κ1) is 22.9. The number of carbonyl (C=O) groups is 1. The number of sulfonamides is 1. The highest BCUT2D eigenvalue weighted by molar-refractivity contribution is 7.92. The summed E-state index contributed by atoms with van der Waals surface area (Å²) in [5.41, 5.74) is 4.01. The fraction of sp³-hybridized carbons (Fsp3) is 0.435. The Kier molecular flexibility index (Phi) is 7.10. The fourth-order valence-corrected chi connectivity index (χ4v) is 4.76. The van der Waals surface area contributed by atoms with Crippen LogP contribution in [0.5, 0.6) is 11.5 Å². The highest BCUT2D eigenvalue weighted by Crippen LogP contribution is 2.33. The van der Waals surface area contributed by atoms with Gasteiger partial charge in [0.25, 0.3) is 0 Å². The van der Waals surface area contributed by atoms with E-state index in [2.05, 4.69) is 17.4 Å². The predicted octanol–water partition coefficient (Wildman–Crippen LogP) is 3.23. The number of hydrogen-bond acceptors (Lipinski definition) is 5. The summed E-state index contributed by atoms with van der Waals surface area (Å²) in [5, 5.41) is 2.92. The maximum Gasteiger partial charge on any atom is 0.241 e. The summed E-state index contributed by atoms with van der Waals surface area (Å²) in [7, 11) is -0.772. The number of nitrogens with one attached hydrogen (secondary N) is 1. The van der Waals surface area contributed by atoms with Crippen LogP contribution in [0, 0.1) is 0 Å². The Morgan fingerprint density at radius 1 is 1.06 bits per heavy atom. The van der Waals surface area contributed by atoms with E-state index in [-0.39, 0.29) is 18.3 Å². The van der Waals surface area contributed by atoms with E-state index in [9.17, 15) is 13.2 Å². The van der Waals surface area contributed by atoms with Crippen LogP contribution in [-0.2, 0) is 27.7 Å². The van der Waals surface area contributed by atoms with E-state index in [0.717, 1.165) is 29.0 Å². The Balaban J connectivity index is 1.77. The number of benzene rings is 2. The van der Waals surface area contributed by atoms with Gasteiger partial charge in [0.15, 0.2) is 0 Å². The molecule has 0 aromatic heterocycles. The molecule has 2 aromatic carbocycles. The molecule has 31 heavy (non-hydrogen) atoms. The number of aryl methyl sites for hydroxylation is 2. The molecular formula is C23H30N2O5S. The van der Waals surface area contributed by atoms with Crippen LogP contribution in [0.2, 0.25) is 0 Å². The van der Waals surface area contributed by atoms with Crippen molar-refractivity contribution in [3.8, 4) is 11.5 Å². The maximum absolute atomic E-state index is 12.8. The minimum absolute atomic E-state index is 0.237. The number of methoxy groups -OCH3 is 2. The van der Waals surface area contributed by atoms with Gasteiger partial charge in [-0.3, -0.25) is 9.10 Å². The molecule has 7 nitrogen and oxygen atoms in total. The number of hydrogen-bond donors (Lipinski definition) is 1. The van der Waals surface area contributed by atoms with Gasteiger partial charge in [0.05, 0.1) is 32.2 Å². The molecule has 1 N–H and O–H groups in total. The standard InChI is InChI=1S/C23H30N2O5S/c1-16(18-10-9-17-7-5-6-8-19(17)13-18)24-23(26)15-25(31(4,27)28)21-12-11-20(29-2)14-22(21)30-3/h9-14,16H,5-8,15H2,1-4H3,(H,24,26)/t16-/m1/s1. The second kappa shape index (κ2) is 9.60. The number of fused-ring (bicyclic) bond motifs is 1. The largest absolute Gasteiger partial charge is 0.497 e. The third-order valence-electron chi connectivity index (χ3n) is 5.59. The molecule has 168 valence electrons. The minimum Gasteiger partial charge on any atom is -0.497 e. The predicted molar refractivity (Wildman–Crippen MR) is 121 cm³/mol. The lowest BCUT2D eigenvalue weighted by molar-refractivity contribution is -0.120. The van der Waals surface area contributed by atoms with Crippen LogP contribution in [0.1, 0.15) is 42.5 Å². The smallest absolute Gasteiger partial charge is 0.241 e. The van der Waals surface area contributed by atoms with E-state index in [0.29, 0.717) is 11.5 Å². The van der Waals surface area contributed by atoms with Crippen molar-refractivity contribution in [2.45, 2.75) is 38.6 Å². The zero-order valence-electron chi connectivity index (χ0n) is 18.5. The molecule has 8 heteroatoms. The zero-order chi connectivity index (χ0) is 22.6. The van der Waals surface area contributed by atoms with Crippen molar-refractivity contribution in [2.75, 3.05) is 31.3 Å². The molecule has 0 radical (unpaired) electrons. The molecule has 1 amide bonds. The van der Waals surface area contributed by atoms with Gasteiger partial charge in [-0.1, -0.05) is 18.2 Å². The van der Waals surface area contributed by atoms with E-state index < -0.39 is 15.9 Å². The van der Waals surface area contributed by atoms with Gasteiger partial charge in [-0.15, -0.1) is 0 Å². The number of rotatable bonds is 8. The lowest BCUT2D eigenvalue weighted by Crippen LogP contribution is -2.41. The van der Waals surface area contributed by atoms with Gasteiger partial charge in [0, 0.05) is 6.07 Å². The Bertz CT molecular complexity index is 1050. The average Bonchev–Trinajstić information content (AvgIpc) is 2.76. The van der Waals surface area contributed by atoms with Crippen molar-refractivity contribution < 1.29 is 22.7 Å². The van der Waals surface area contributed by atoms with Gasteiger partial charge in [-0.25, -0.2) is 8.42 Å². The number of carbonyl (C=O) groups excluding carboxylic acids is 1. The molecule has 0 aliphatic heterocycles. The summed E-state index contributed by atoms with van der Waals surface area (Å²) >= 11 is 0. The van der Waals surface area contributed by atoms with E-state index in [4.69, 9.17) is 9.47 Å². The summed E-state index contributed by atoms with van der Waals surface area (Å²) in [5.74, 6) is 0.438. The Morgan fingerprint density at radius 2 is 1.77 bits per heavy atom. The van der Waals surface area contributed by atoms with Crippen LogP contribution in [0.4, 0.5) is 5.69 Å². The van der Waals surface area contributed by atoms with Gasteiger partial charge >= 0.3 is 0 Å². The maximum atomic E-state index is 12.8. The van der Waals surface area contributed by atoms with Gasteiger partial charge < -0.3 is 14.8 Å². The molecule has 0 spiro atoms. The molecule has 1 atom stereocenters. The zero-order valence-corrected chi connectivity index (χ0v) is 19.3. The molecule has 3 rings (SSSR count). The van der Waals surface area contributed by atoms with Crippen molar-refractivity contribution in [1.82, 2.24) is 5.32 Å². The molecule has 0 bridgehead atoms. The molecule has 0 saturated heterocycles. The van der Waals surface area contributed by atoms with Crippen LogP contribution in [0.25, 0.3) is 0 Å². The molecule has 0 fully saturated rings. The monoisotopic (exact) mass is 446 g/mol. The van der Waals surface area contributed by atoms with Gasteiger partial charge in [-0.05, 0) is 61.4 Å². The van der Waals surface area contributed by atoms with E-state index >= 15 is 0 Å². The molecule has 1 aliphatic carbocycles. The number of nitrogens with zero attached hydrogens (tertiary/aromatic N) is 1. The summed E-state index contributed by atoms with van der Waals surface area (Å²) in [6.45, 7) is 1.55. The quantitative estimate of drug-likeness (QED) is 0.673. The first-order valence-corrected chi connectivity index (χ1v) is 12.2. The Labute approximate surface area is 184 Å².